The van der Waals surface area contributed by atoms with Gasteiger partial charge in [0, 0.05) is 30.0 Å². The van der Waals surface area contributed by atoms with Crippen molar-refractivity contribution in [1.82, 2.24) is 14.9 Å². The van der Waals surface area contributed by atoms with Crippen LogP contribution in [-0.2, 0) is 6.54 Å². The smallest absolute Gasteiger partial charge is 0.260 e. The van der Waals surface area contributed by atoms with Crippen molar-refractivity contribution < 1.29 is 8.78 Å². The first-order valence-corrected chi connectivity index (χ1v) is 15.4. The lowest BCUT2D eigenvalue weighted by molar-refractivity contribution is -0.0663. The minimum absolute atomic E-state index is 0.0637. The van der Waals surface area contributed by atoms with Gasteiger partial charge in [0.15, 0.2) is 0 Å². The molecule has 1 saturated carbocycles. The first-order valence-electron chi connectivity index (χ1n) is 14.6. The van der Waals surface area contributed by atoms with Crippen molar-refractivity contribution in [2.45, 2.75) is 82.2 Å². The molecule has 0 amide bonds. The van der Waals surface area contributed by atoms with Crippen molar-refractivity contribution >= 4 is 29.1 Å². The predicted molar refractivity (Wildman–Crippen MR) is 169 cm³/mol. The van der Waals surface area contributed by atoms with E-state index in [0.29, 0.717) is 53.6 Å². The molecule has 2 heterocycles. The van der Waals surface area contributed by atoms with Crippen LogP contribution in [0.25, 0.3) is 5.57 Å². The second kappa shape index (κ2) is 14.6. The van der Waals surface area contributed by atoms with E-state index >= 15 is 0 Å². The number of likely N-dealkylation sites (tertiary alicyclic amines) is 1. The summed E-state index contributed by atoms with van der Waals surface area (Å²) >= 11 is 1.49. The number of aromatic nitrogens is 2. The van der Waals surface area contributed by atoms with Crippen LogP contribution >= 0.6 is 11.8 Å². The molecule has 0 spiro atoms. The van der Waals surface area contributed by atoms with E-state index in [0.717, 1.165) is 34.4 Å². The van der Waals surface area contributed by atoms with Gasteiger partial charge >= 0.3 is 0 Å². The molecule has 0 atom stereocenters. The third kappa shape index (κ3) is 9.01. The lowest BCUT2D eigenvalue weighted by atomic mass is 9.96. The first kappa shape index (κ1) is 31.5. The van der Waals surface area contributed by atoms with Gasteiger partial charge in [-0.2, -0.15) is 10.2 Å². The number of alkyl halides is 2. The maximum absolute atomic E-state index is 14.1. The lowest BCUT2D eigenvalue weighted by Crippen LogP contribution is -2.42. The topological polar surface area (TPSA) is 76.9 Å². The molecule has 1 aromatic heterocycles. The Hall–Kier alpha value is -3.48. The van der Waals surface area contributed by atoms with Gasteiger partial charge in [0.05, 0.1) is 28.9 Å². The summed E-state index contributed by atoms with van der Waals surface area (Å²) in [5.74, 6) is -1.58. The van der Waals surface area contributed by atoms with Crippen LogP contribution in [-0.4, -0.2) is 39.9 Å². The van der Waals surface area contributed by atoms with Crippen LogP contribution < -0.4 is 10.6 Å². The van der Waals surface area contributed by atoms with Crippen molar-refractivity contribution in [3.63, 3.8) is 0 Å². The van der Waals surface area contributed by atoms with Gasteiger partial charge in [-0.3, -0.25) is 4.90 Å². The molecule has 222 valence electrons. The molecule has 1 aliphatic heterocycles. The Bertz CT molecular complexity index is 1390. The zero-order valence-electron chi connectivity index (χ0n) is 24.6. The van der Waals surface area contributed by atoms with Crippen molar-refractivity contribution in [3.05, 3.63) is 83.1 Å². The second-order valence-electron chi connectivity index (χ2n) is 11.0. The molecule has 1 saturated heterocycles. The highest BCUT2D eigenvalue weighted by atomic mass is 32.2. The van der Waals surface area contributed by atoms with Crippen LogP contribution in [0.4, 0.5) is 20.5 Å². The Morgan fingerprint density at radius 1 is 1.21 bits per heavy atom. The monoisotopic (exact) mass is 590 g/mol. The highest BCUT2D eigenvalue weighted by molar-refractivity contribution is 8.03. The molecule has 0 unspecified atom stereocenters. The van der Waals surface area contributed by atoms with Crippen LogP contribution in [0, 0.1) is 18.3 Å². The molecule has 1 aliphatic carbocycles. The summed E-state index contributed by atoms with van der Waals surface area (Å²) in [5.41, 5.74) is 4.18. The van der Waals surface area contributed by atoms with Gasteiger partial charge in [0.1, 0.15) is 5.82 Å². The van der Waals surface area contributed by atoms with Crippen LogP contribution in [0.5, 0.6) is 0 Å². The number of hydrogen-bond acceptors (Lipinski definition) is 7. The molecule has 1 aromatic carbocycles. The fourth-order valence-electron chi connectivity index (χ4n) is 5.38. The van der Waals surface area contributed by atoms with Crippen molar-refractivity contribution in [3.8, 4) is 6.07 Å². The van der Waals surface area contributed by atoms with E-state index < -0.39 is 5.92 Å². The number of nitrogens with zero attached hydrogens (tertiary/aromatic N) is 4. The SMILES string of the molecule is C=C/C(C#N)=C\C(=C/C)c1ccc(C)c(SC(=C)Nc2cc(CN3CCCC(F)(F)C3)nc(NC3CCCCC3)n2)c1. The Labute approximate surface area is 252 Å². The number of hydrogen-bond donors (Lipinski definition) is 2. The molecule has 2 fully saturated rings. The largest absolute Gasteiger partial charge is 0.351 e. The summed E-state index contributed by atoms with van der Waals surface area (Å²) in [6.45, 7) is 12.6. The van der Waals surface area contributed by atoms with Gasteiger partial charge in [0.25, 0.3) is 5.92 Å². The van der Waals surface area contributed by atoms with Gasteiger partial charge in [0.2, 0.25) is 5.95 Å². The summed E-state index contributed by atoms with van der Waals surface area (Å²) in [4.78, 5) is 12.2. The van der Waals surface area contributed by atoms with E-state index in [1.807, 2.05) is 44.2 Å². The van der Waals surface area contributed by atoms with E-state index in [9.17, 15) is 14.0 Å². The van der Waals surface area contributed by atoms with Gasteiger partial charge in [-0.15, -0.1) is 0 Å². The molecule has 2 aromatic rings. The van der Waals surface area contributed by atoms with Gasteiger partial charge < -0.3 is 10.6 Å². The standard InChI is InChI=1S/C33H40F2N6S/c1-5-25(20-36)17-26(6-2)27-14-13-23(3)30(18-27)42-24(4)37-31-19-29(21-41-16-10-15-33(34,35)22-41)39-32(40-31)38-28-11-8-7-9-12-28/h5-6,13-14,17-19,28H,1,4,7-12,15-16,21-22H2,2-3H3,(H2,37,38,39,40)/b25-17+,26-6+. The molecule has 2 aliphatic rings. The Morgan fingerprint density at radius 2 is 2.00 bits per heavy atom. The highest BCUT2D eigenvalue weighted by Crippen LogP contribution is 2.33. The summed E-state index contributed by atoms with van der Waals surface area (Å²) < 4.78 is 28.2. The van der Waals surface area contributed by atoms with E-state index in [-0.39, 0.29) is 13.0 Å². The van der Waals surface area contributed by atoms with Crippen LogP contribution in [0.1, 0.15) is 68.7 Å². The summed E-state index contributed by atoms with van der Waals surface area (Å²) in [6, 6.07) is 10.4. The van der Waals surface area contributed by atoms with Gasteiger partial charge in [-0.05, 0) is 68.5 Å². The first-order chi connectivity index (χ1) is 20.2. The van der Waals surface area contributed by atoms with E-state index in [2.05, 4.69) is 35.9 Å². The molecule has 4 rings (SSSR count). The Balaban J connectivity index is 1.53. The summed E-state index contributed by atoms with van der Waals surface area (Å²) in [7, 11) is 0. The van der Waals surface area contributed by atoms with Crippen molar-refractivity contribution in [2.75, 3.05) is 23.7 Å². The van der Waals surface area contributed by atoms with E-state index in [4.69, 9.17) is 9.97 Å². The Morgan fingerprint density at radius 3 is 2.69 bits per heavy atom. The zero-order chi connectivity index (χ0) is 30.1. The quantitative estimate of drug-likeness (QED) is 0.154. The number of nitrogens with one attached hydrogen (secondary N) is 2. The van der Waals surface area contributed by atoms with Crippen LogP contribution in [0.3, 0.4) is 0 Å². The average Bonchev–Trinajstić information content (AvgIpc) is 2.95. The number of thioether (sulfide) groups is 1. The number of nitriles is 1. The van der Waals surface area contributed by atoms with Crippen molar-refractivity contribution in [1.29, 1.82) is 5.26 Å². The third-order valence-electron chi connectivity index (χ3n) is 7.57. The lowest BCUT2D eigenvalue weighted by Gasteiger charge is -2.32. The second-order valence-corrected chi connectivity index (χ2v) is 12.1. The van der Waals surface area contributed by atoms with E-state index in [1.165, 1.54) is 31.0 Å². The highest BCUT2D eigenvalue weighted by Gasteiger charge is 2.35. The third-order valence-corrected chi connectivity index (χ3v) is 8.58. The zero-order valence-corrected chi connectivity index (χ0v) is 25.4. The minimum Gasteiger partial charge on any atom is -0.351 e. The number of piperidine rings is 1. The molecule has 0 bridgehead atoms. The maximum atomic E-state index is 14.1. The number of halogens is 2. The molecular weight excluding hydrogens is 550 g/mol. The molecule has 0 radical (unpaired) electrons. The Kier molecular flexibility index (Phi) is 10.9. The predicted octanol–water partition coefficient (Wildman–Crippen LogP) is 8.48. The van der Waals surface area contributed by atoms with Gasteiger partial charge in [-0.1, -0.05) is 68.5 Å². The molecule has 42 heavy (non-hydrogen) atoms. The number of allylic oxidation sites excluding steroid dienone is 5. The van der Waals surface area contributed by atoms with Crippen molar-refractivity contribution in [2.24, 2.45) is 0 Å². The normalized spacial score (nSPS) is 18.3. The fourth-order valence-corrected chi connectivity index (χ4v) is 6.21. The summed E-state index contributed by atoms with van der Waals surface area (Å²) in [6.07, 6.45) is 11.5. The number of benzene rings is 1. The van der Waals surface area contributed by atoms with E-state index in [1.54, 1.807) is 11.0 Å². The summed E-state index contributed by atoms with van der Waals surface area (Å²) in [5, 5.41) is 16.8. The number of rotatable bonds is 11. The molecule has 9 heteroatoms. The van der Waals surface area contributed by atoms with Gasteiger partial charge in [-0.25, -0.2) is 13.8 Å². The molecular formula is C33H40F2N6S. The fraction of sp³-hybridized carbons (Fsp3) is 0.424. The number of aryl methyl sites for hydroxylation is 1. The van der Waals surface area contributed by atoms with Crippen LogP contribution in [0.15, 0.2) is 71.1 Å². The molecule has 2 N–H and O–H groups in total. The average molecular weight is 591 g/mol. The van der Waals surface area contributed by atoms with Crippen LogP contribution in [0.2, 0.25) is 0 Å². The maximum Gasteiger partial charge on any atom is 0.260 e. The molecule has 6 nitrogen and oxygen atoms in total. The number of anilines is 2. The minimum atomic E-state index is -2.67.